The number of aromatic hydroxyl groups is 1. The molecule has 0 bridgehead atoms. The average Bonchev–Trinajstić information content (AvgIpc) is 2.84. The number of carbonyl (C=O) groups excluding carboxylic acids is 2. The maximum atomic E-state index is 14.6. The lowest BCUT2D eigenvalue weighted by Gasteiger charge is -2.30. The molecule has 11 nitrogen and oxygen atoms in total. The number of carboxylic acids is 1. The number of fused-ring (bicyclic) bond motifs is 1. The van der Waals surface area contributed by atoms with Gasteiger partial charge in [-0.3, -0.25) is 9.78 Å². The summed E-state index contributed by atoms with van der Waals surface area (Å²) in [5, 5.41) is 36.4. The van der Waals surface area contributed by atoms with E-state index in [0.29, 0.717) is 11.8 Å². The van der Waals surface area contributed by atoms with Gasteiger partial charge in [0.25, 0.3) is 0 Å². The maximum Gasteiger partial charge on any atom is 0.547 e. The second kappa shape index (κ2) is 10.5. The van der Waals surface area contributed by atoms with Gasteiger partial charge in [-0.2, -0.15) is 0 Å². The molecular weight excluding hydrogens is 493 g/mol. The van der Waals surface area contributed by atoms with Crippen LogP contribution in [-0.4, -0.2) is 51.2 Å². The number of para-hydroxylation sites is 1. The Hall–Kier alpha value is -4.72. The molecule has 0 saturated heterocycles. The molecule has 1 aliphatic heterocycles. The van der Waals surface area contributed by atoms with E-state index in [1.807, 2.05) is 0 Å². The summed E-state index contributed by atoms with van der Waals surface area (Å²) in [5.74, 6) is -6.84. The number of hydrogen-bond donors (Lipinski definition) is 6. The molecule has 1 aromatic heterocycles. The van der Waals surface area contributed by atoms with E-state index in [1.165, 1.54) is 6.07 Å². The maximum absolute atomic E-state index is 14.6. The fraction of sp³-hybridized carbons (Fsp3) is 0.130. The van der Waals surface area contributed by atoms with Gasteiger partial charge in [-0.05, 0) is 30.2 Å². The number of amides is 3. The summed E-state index contributed by atoms with van der Waals surface area (Å²) in [5.41, 5.74) is -0.726. The zero-order chi connectivity index (χ0) is 26.7. The molecule has 0 radical (unpaired) electrons. The molecule has 2 aromatic carbocycles. The third kappa shape index (κ3) is 5.59. The van der Waals surface area contributed by atoms with E-state index in [2.05, 4.69) is 20.9 Å². The predicted molar refractivity (Wildman–Crippen MR) is 125 cm³/mol. The summed E-state index contributed by atoms with van der Waals surface area (Å²) in [6.45, 7) is 0. The van der Waals surface area contributed by atoms with Crippen LogP contribution in [0.2, 0.25) is 0 Å². The number of halogens is 2. The summed E-state index contributed by atoms with van der Waals surface area (Å²) in [6, 6.07) is 8.45. The molecule has 0 spiro atoms. The number of nitrogens with one attached hydrogen (secondary N) is 3. The number of rotatable bonds is 6. The van der Waals surface area contributed by atoms with E-state index in [9.17, 15) is 38.4 Å². The first-order valence-corrected chi connectivity index (χ1v) is 10.8. The van der Waals surface area contributed by atoms with E-state index in [-0.39, 0.29) is 17.7 Å². The van der Waals surface area contributed by atoms with Crippen molar-refractivity contribution in [2.45, 2.75) is 18.4 Å². The minimum absolute atomic E-state index is 0.169. The van der Waals surface area contributed by atoms with Gasteiger partial charge in [0.05, 0.1) is 12.1 Å². The van der Waals surface area contributed by atoms with Crippen LogP contribution < -0.4 is 20.6 Å². The fourth-order valence-electron chi connectivity index (χ4n) is 3.75. The molecule has 4 rings (SSSR count). The Morgan fingerprint density at radius 2 is 1.84 bits per heavy atom. The Kier molecular flexibility index (Phi) is 7.20. The van der Waals surface area contributed by atoms with Gasteiger partial charge < -0.3 is 35.8 Å². The first-order chi connectivity index (χ1) is 17.6. The normalized spacial score (nSPS) is 15.1. The highest BCUT2D eigenvalue weighted by molar-refractivity contribution is 6.47. The number of anilines is 1. The molecule has 1 unspecified atom stereocenters. The van der Waals surface area contributed by atoms with Crippen molar-refractivity contribution in [3.8, 4) is 11.5 Å². The van der Waals surface area contributed by atoms with Crippen molar-refractivity contribution in [1.29, 1.82) is 0 Å². The molecule has 2 atom stereocenters. The number of carboxylic acid groups (broad SMARTS) is 1. The lowest BCUT2D eigenvalue weighted by molar-refractivity contribution is -0.123. The zero-order valence-corrected chi connectivity index (χ0v) is 18.8. The van der Waals surface area contributed by atoms with Gasteiger partial charge in [-0.25, -0.2) is 18.4 Å². The summed E-state index contributed by atoms with van der Waals surface area (Å²) < 4.78 is 33.8. The minimum atomic E-state index is -1.80. The first kappa shape index (κ1) is 25.4. The summed E-state index contributed by atoms with van der Waals surface area (Å²) in [4.78, 5) is 40.9. The molecule has 37 heavy (non-hydrogen) atoms. The van der Waals surface area contributed by atoms with Crippen LogP contribution >= 0.6 is 0 Å². The number of carbonyl (C=O) groups is 3. The van der Waals surface area contributed by atoms with Crippen LogP contribution in [0.1, 0.15) is 27.7 Å². The van der Waals surface area contributed by atoms with Crippen LogP contribution in [0.3, 0.4) is 0 Å². The van der Waals surface area contributed by atoms with Gasteiger partial charge in [-0.15, -0.1) is 0 Å². The summed E-state index contributed by atoms with van der Waals surface area (Å²) >= 11 is 0. The number of pyridine rings is 1. The van der Waals surface area contributed by atoms with Crippen molar-refractivity contribution in [2.75, 3.05) is 5.32 Å². The van der Waals surface area contributed by atoms with Crippen molar-refractivity contribution in [1.82, 2.24) is 15.6 Å². The summed E-state index contributed by atoms with van der Waals surface area (Å²) in [6.07, 6.45) is 0.712. The molecule has 2 heterocycles. The minimum Gasteiger partial charge on any atom is -0.534 e. The third-order valence-electron chi connectivity index (χ3n) is 5.45. The Morgan fingerprint density at radius 1 is 1.11 bits per heavy atom. The van der Waals surface area contributed by atoms with Crippen molar-refractivity contribution in [3.63, 3.8) is 0 Å². The first-order valence-electron chi connectivity index (χ1n) is 10.8. The van der Waals surface area contributed by atoms with Crippen LogP contribution in [0.5, 0.6) is 11.5 Å². The number of aromatic nitrogens is 1. The Morgan fingerprint density at radius 3 is 2.51 bits per heavy atom. The highest BCUT2D eigenvalue weighted by Crippen LogP contribution is 2.32. The number of hydrogen-bond acceptors (Lipinski definition) is 7. The SMILES string of the molecule is O=C(Nc1ccccc1)NC(C(=O)N[C@H]1Cc2ccc(F)c(C(=O)O)c2OB1O)c1ncc(O)cc1F. The third-order valence-corrected chi connectivity index (χ3v) is 5.45. The molecule has 3 aromatic rings. The van der Waals surface area contributed by atoms with Crippen molar-refractivity contribution in [2.24, 2.45) is 0 Å². The molecule has 0 saturated carbocycles. The second-order valence-corrected chi connectivity index (χ2v) is 8.00. The van der Waals surface area contributed by atoms with Crippen LogP contribution in [0.25, 0.3) is 0 Å². The van der Waals surface area contributed by atoms with Gasteiger partial charge in [-0.1, -0.05) is 24.3 Å². The molecule has 190 valence electrons. The molecule has 1 aliphatic rings. The lowest BCUT2D eigenvalue weighted by Crippen LogP contribution is -2.56. The molecule has 0 fully saturated rings. The van der Waals surface area contributed by atoms with Crippen LogP contribution in [-0.2, 0) is 11.2 Å². The van der Waals surface area contributed by atoms with E-state index in [0.717, 1.165) is 12.3 Å². The van der Waals surface area contributed by atoms with Crippen LogP contribution in [0.4, 0.5) is 19.3 Å². The van der Waals surface area contributed by atoms with Gasteiger partial charge >= 0.3 is 19.1 Å². The van der Waals surface area contributed by atoms with Crippen molar-refractivity contribution < 1.29 is 43.1 Å². The average molecular weight is 512 g/mol. The number of aromatic carboxylic acids is 1. The Bertz CT molecular complexity index is 1360. The highest BCUT2D eigenvalue weighted by atomic mass is 19.1. The van der Waals surface area contributed by atoms with Crippen LogP contribution in [0.15, 0.2) is 54.7 Å². The smallest absolute Gasteiger partial charge is 0.534 e. The molecular formula is C23H19BF2N4O7. The van der Waals surface area contributed by atoms with E-state index in [1.54, 1.807) is 30.3 Å². The number of nitrogens with zero attached hydrogens (tertiary/aromatic N) is 1. The van der Waals surface area contributed by atoms with E-state index in [4.69, 9.17) is 4.65 Å². The van der Waals surface area contributed by atoms with Gasteiger partial charge in [0, 0.05) is 11.8 Å². The summed E-state index contributed by atoms with van der Waals surface area (Å²) in [7, 11) is -1.80. The Balaban J connectivity index is 1.57. The number of urea groups is 1. The second-order valence-electron chi connectivity index (χ2n) is 8.00. The zero-order valence-electron chi connectivity index (χ0n) is 18.8. The molecule has 0 aliphatic carbocycles. The van der Waals surface area contributed by atoms with Crippen molar-refractivity contribution in [3.05, 3.63) is 83.2 Å². The van der Waals surface area contributed by atoms with Gasteiger partial charge in [0.2, 0.25) is 5.91 Å². The monoisotopic (exact) mass is 512 g/mol. The largest absolute Gasteiger partial charge is 0.547 e. The molecule has 3 amide bonds. The van der Waals surface area contributed by atoms with E-state index >= 15 is 0 Å². The lowest BCUT2D eigenvalue weighted by atomic mass is 9.72. The quantitative estimate of drug-likeness (QED) is 0.272. The topological polar surface area (TPSA) is 170 Å². The van der Waals surface area contributed by atoms with Gasteiger partial charge in [0.1, 0.15) is 28.6 Å². The fourth-order valence-corrected chi connectivity index (χ4v) is 3.75. The van der Waals surface area contributed by atoms with E-state index < -0.39 is 65.7 Å². The van der Waals surface area contributed by atoms with Crippen LogP contribution in [0, 0.1) is 11.6 Å². The standard InChI is InChI=1S/C23H19BF2N4O7/c25-14-7-6-11-8-16(24(36)37-20(11)17(14)22(33)34)29-21(32)19(18-15(26)9-13(31)10-27-18)30-23(35)28-12-4-2-1-3-5-12/h1-7,9-10,16,19,31,36H,8H2,(H,29,32)(H,33,34)(H2,28,30,35)/t16-,19?/m0/s1. The van der Waals surface area contributed by atoms with Gasteiger partial charge in [0.15, 0.2) is 11.9 Å². The highest BCUT2D eigenvalue weighted by Gasteiger charge is 2.40. The van der Waals surface area contributed by atoms with Crippen molar-refractivity contribution >= 4 is 30.7 Å². The predicted octanol–water partition coefficient (Wildman–Crippen LogP) is 1.77. The Labute approximate surface area is 208 Å². The molecule has 14 heteroatoms. The molecule has 6 N–H and O–H groups in total. The number of benzene rings is 2.